The number of rotatable bonds is 12. The van der Waals surface area contributed by atoms with Crippen LogP contribution in [0.2, 0.25) is 0 Å². The lowest BCUT2D eigenvalue weighted by atomic mass is 9.67. The van der Waals surface area contributed by atoms with Gasteiger partial charge in [0.1, 0.15) is 0 Å². The maximum absolute atomic E-state index is 2.61. The largest absolute Gasteiger partial charge is 0.0713 e. The van der Waals surface area contributed by atoms with Crippen molar-refractivity contribution in [1.82, 2.24) is 0 Å². The van der Waals surface area contributed by atoms with E-state index in [9.17, 15) is 0 Å². The lowest BCUT2D eigenvalue weighted by molar-refractivity contribution is 0.649. The SMILES string of the molecule is Cc1cc(-c2ccccc2)cc(C)c1C(Cc1ccc2c(c1)C(C)(C)c1ccccc1-2)Cc1ccc2c(c1)C(c1ccccc1)(c1cccc(-c3ccccc3)c1)c1ccc(-c3ccc(-c4ccccc4)c(-c4ccccc4)c3)cc1-2. The smallest absolute Gasteiger partial charge is 0.0622 e. The predicted octanol–water partition coefficient (Wildman–Crippen LogP) is 20.9. The summed E-state index contributed by atoms with van der Waals surface area (Å²) in [4.78, 5) is 0. The van der Waals surface area contributed by atoms with Crippen LogP contribution < -0.4 is 0 Å². The summed E-state index contributed by atoms with van der Waals surface area (Å²) in [7, 11) is 0. The molecule has 0 aliphatic heterocycles. The van der Waals surface area contributed by atoms with Crippen LogP contribution in [-0.2, 0) is 23.7 Å². The fraction of sp³-hybridized carbons (Fsp3) is 0.111. The van der Waals surface area contributed by atoms with Gasteiger partial charge in [0.05, 0.1) is 5.41 Å². The molecule has 81 heavy (non-hydrogen) atoms. The second-order valence-corrected chi connectivity index (χ2v) is 23.2. The molecule has 0 fully saturated rings. The van der Waals surface area contributed by atoms with Gasteiger partial charge in [-0.25, -0.2) is 0 Å². The Kier molecular flexibility index (Phi) is 12.6. The molecule has 12 aromatic rings. The van der Waals surface area contributed by atoms with Gasteiger partial charge in [-0.1, -0.05) is 281 Å². The minimum atomic E-state index is -0.614. The monoisotopic (exact) mass is 1040 g/mol. The first-order valence-electron chi connectivity index (χ1n) is 28.9. The molecule has 0 aromatic heterocycles. The number of aryl methyl sites for hydroxylation is 2. The van der Waals surface area contributed by atoms with Gasteiger partial charge in [-0.15, -0.1) is 0 Å². The molecule has 0 radical (unpaired) electrons. The van der Waals surface area contributed by atoms with Crippen LogP contribution in [0, 0.1) is 13.8 Å². The Hall–Kier alpha value is -9.36. The molecular formula is C81H64. The Morgan fingerprint density at radius 1 is 0.272 bits per heavy atom. The van der Waals surface area contributed by atoms with E-state index >= 15 is 0 Å². The molecule has 2 atom stereocenters. The van der Waals surface area contributed by atoms with E-state index in [-0.39, 0.29) is 11.3 Å². The van der Waals surface area contributed by atoms with Gasteiger partial charge in [-0.05, 0) is 190 Å². The van der Waals surface area contributed by atoms with E-state index in [0.717, 1.165) is 12.8 Å². The van der Waals surface area contributed by atoms with Crippen molar-refractivity contribution in [3.05, 3.63) is 346 Å². The van der Waals surface area contributed by atoms with Crippen molar-refractivity contribution in [3.63, 3.8) is 0 Å². The molecule has 2 unspecified atom stereocenters. The third kappa shape index (κ3) is 8.70. The van der Waals surface area contributed by atoms with E-state index in [1.165, 1.54) is 139 Å². The molecule has 0 spiro atoms. The Bertz CT molecular complexity index is 4280. The van der Waals surface area contributed by atoms with Crippen molar-refractivity contribution in [2.24, 2.45) is 0 Å². The minimum absolute atomic E-state index is 0.0795. The summed E-state index contributed by atoms with van der Waals surface area (Å²) in [6.45, 7) is 9.50. The van der Waals surface area contributed by atoms with Gasteiger partial charge in [0.2, 0.25) is 0 Å². The number of fused-ring (bicyclic) bond motifs is 6. The molecule has 0 heterocycles. The van der Waals surface area contributed by atoms with Crippen LogP contribution in [0.4, 0.5) is 0 Å². The summed E-state index contributed by atoms with van der Waals surface area (Å²) in [5, 5.41) is 0. The van der Waals surface area contributed by atoms with E-state index in [4.69, 9.17) is 0 Å². The van der Waals surface area contributed by atoms with Gasteiger partial charge in [0.25, 0.3) is 0 Å². The lowest BCUT2D eigenvalue weighted by Crippen LogP contribution is -2.28. The molecule has 2 aliphatic carbocycles. The Morgan fingerprint density at radius 2 is 0.716 bits per heavy atom. The fourth-order valence-electron chi connectivity index (χ4n) is 14.3. The van der Waals surface area contributed by atoms with Crippen LogP contribution in [0.25, 0.3) is 77.9 Å². The Labute approximate surface area is 478 Å². The molecule has 14 rings (SSSR count). The quantitative estimate of drug-likeness (QED) is 0.114. The van der Waals surface area contributed by atoms with Crippen molar-refractivity contribution in [1.29, 1.82) is 0 Å². The Balaban J connectivity index is 0.951. The van der Waals surface area contributed by atoms with E-state index < -0.39 is 5.41 Å². The summed E-state index contributed by atoms with van der Waals surface area (Å²) in [5.74, 6) is 0.207. The lowest BCUT2D eigenvalue weighted by Gasteiger charge is -2.34. The zero-order valence-corrected chi connectivity index (χ0v) is 46.6. The zero-order valence-electron chi connectivity index (χ0n) is 46.6. The van der Waals surface area contributed by atoms with E-state index in [1.54, 1.807) is 0 Å². The minimum Gasteiger partial charge on any atom is -0.0622 e. The molecule has 0 saturated heterocycles. The molecule has 0 nitrogen and oxygen atoms in total. The molecule has 0 saturated carbocycles. The average Bonchev–Trinajstić information content (AvgIpc) is 3.43. The summed E-state index contributed by atoms with van der Waals surface area (Å²) in [6, 6.07) is 107. The molecule has 0 heteroatoms. The first-order valence-corrected chi connectivity index (χ1v) is 28.9. The maximum Gasteiger partial charge on any atom is 0.0713 e. The topological polar surface area (TPSA) is 0 Å². The molecule has 0 amide bonds. The predicted molar refractivity (Wildman–Crippen MR) is 341 cm³/mol. The zero-order chi connectivity index (χ0) is 54.7. The number of hydrogen-bond donors (Lipinski definition) is 0. The molecule has 12 aromatic carbocycles. The van der Waals surface area contributed by atoms with E-state index in [2.05, 4.69) is 313 Å². The van der Waals surface area contributed by atoms with E-state index in [0.29, 0.717) is 0 Å². The van der Waals surface area contributed by atoms with Gasteiger partial charge in [0.15, 0.2) is 0 Å². The van der Waals surface area contributed by atoms with Crippen molar-refractivity contribution >= 4 is 0 Å². The van der Waals surface area contributed by atoms with Crippen LogP contribution in [0.15, 0.2) is 285 Å². The first-order chi connectivity index (χ1) is 39.7. The van der Waals surface area contributed by atoms with Crippen molar-refractivity contribution in [2.45, 2.75) is 57.3 Å². The highest BCUT2D eigenvalue weighted by molar-refractivity contribution is 5.92. The van der Waals surface area contributed by atoms with Crippen LogP contribution in [0.5, 0.6) is 0 Å². The highest BCUT2D eigenvalue weighted by Crippen LogP contribution is 2.58. The third-order valence-corrected chi connectivity index (χ3v) is 18.1. The Morgan fingerprint density at radius 3 is 1.35 bits per heavy atom. The molecular weight excluding hydrogens is 973 g/mol. The van der Waals surface area contributed by atoms with Crippen LogP contribution in [-0.4, -0.2) is 0 Å². The molecule has 2 aliphatic rings. The van der Waals surface area contributed by atoms with Gasteiger partial charge >= 0.3 is 0 Å². The summed E-state index contributed by atoms with van der Waals surface area (Å²) in [6.07, 6.45) is 1.80. The second kappa shape index (κ2) is 20.4. The summed E-state index contributed by atoms with van der Waals surface area (Å²) in [5.41, 5.74) is 31.7. The van der Waals surface area contributed by atoms with Crippen LogP contribution in [0.3, 0.4) is 0 Å². The van der Waals surface area contributed by atoms with Crippen LogP contribution in [0.1, 0.15) is 81.0 Å². The van der Waals surface area contributed by atoms with Gasteiger partial charge in [-0.2, -0.15) is 0 Å². The van der Waals surface area contributed by atoms with Crippen molar-refractivity contribution in [3.8, 4) is 77.9 Å². The van der Waals surface area contributed by atoms with E-state index in [1.807, 2.05) is 0 Å². The highest BCUT2D eigenvalue weighted by Gasteiger charge is 2.47. The summed E-state index contributed by atoms with van der Waals surface area (Å²) >= 11 is 0. The van der Waals surface area contributed by atoms with Crippen LogP contribution >= 0.6 is 0 Å². The van der Waals surface area contributed by atoms with Gasteiger partial charge in [-0.3, -0.25) is 0 Å². The summed E-state index contributed by atoms with van der Waals surface area (Å²) < 4.78 is 0. The molecule has 0 bridgehead atoms. The number of hydrogen-bond acceptors (Lipinski definition) is 0. The van der Waals surface area contributed by atoms with Crippen molar-refractivity contribution in [2.75, 3.05) is 0 Å². The highest BCUT2D eigenvalue weighted by atomic mass is 14.5. The second-order valence-electron chi connectivity index (χ2n) is 23.2. The fourth-order valence-corrected chi connectivity index (χ4v) is 14.3. The normalized spacial score (nSPS) is 14.9. The van der Waals surface area contributed by atoms with Gasteiger partial charge in [0, 0.05) is 5.41 Å². The maximum atomic E-state index is 2.61. The average molecular weight is 1040 g/mol. The standard InChI is InChI=1S/C81H64/c1-54-45-65(59-25-12-6-13-26-59)46-55(2)79(54)66(47-56-37-41-71-70-35-20-21-36-75(70)80(3,4)77(71)49-56)48-57-38-42-72-74-53-64(63-39-43-69(60-27-14-7-15-28-60)73(52-63)61-29-16-8-17-30-61)40-44-76(74)81(78(72)50-57,67-32-18-9-19-33-67)68-34-22-31-62(51-68)58-23-10-5-11-24-58/h5-46,49-53,66H,47-48H2,1-4H3. The number of benzene rings is 12. The molecule has 0 N–H and O–H groups in total. The van der Waals surface area contributed by atoms with Crippen molar-refractivity contribution < 1.29 is 0 Å². The third-order valence-electron chi connectivity index (χ3n) is 18.1. The first kappa shape index (κ1) is 49.9. The molecule has 388 valence electrons. The van der Waals surface area contributed by atoms with Gasteiger partial charge < -0.3 is 0 Å².